The number of rotatable bonds is 7. The zero-order chi connectivity index (χ0) is 26.0. The van der Waals surface area contributed by atoms with Gasteiger partial charge >= 0.3 is 11.9 Å². The molecule has 0 bridgehead atoms. The molecule has 1 aliphatic carbocycles. The molecule has 0 spiro atoms. The van der Waals surface area contributed by atoms with Gasteiger partial charge in [0.15, 0.2) is 6.29 Å². The molecule has 2 aliphatic heterocycles. The number of carboxylic acids is 1. The highest BCUT2D eigenvalue weighted by Crippen LogP contribution is 2.49. The summed E-state index contributed by atoms with van der Waals surface area (Å²) in [6, 6.07) is 9.05. The van der Waals surface area contributed by atoms with Gasteiger partial charge in [0.05, 0.1) is 23.4 Å². The number of carbonyl (C=O) groups is 2. The standard InChI is InChI=1S/C25H30O11/c1-25(32)10-9-14-15(22(30)31)11-34-23(18(14)25)36-24-21(29)20(28)19(27)16(35-24)12-33-17(26)8-7-13-5-3-2-4-6-13/h2-8,11,14,16,18-21,23-24,27-29,32H,9-10,12H2,1H3,(H,30,31). The Balaban J connectivity index is 1.42. The monoisotopic (exact) mass is 506 g/mol. The van der Waals surface area contributed by atoms with E-state index in [4.69, 9.17) is 18.9 Å². The minimum atomic E-state index is -1.69. The van der Waals surface area contributed by atoms with Gasteiger partial charge in [-0.25, -0.2) is 9.59 Å². The number of hydrogen-bond donors (Lipinski definition) is 5. The molecule has 0 radical (unpaired) electrons. The Bertz CT molecular complexity index is 1000. The Labute approximate surface area is 207 Å². The highest BCUT2D eigenvalue weighted by molar-refractivity contribution is 5.87. The molecule has 196 valence electrons. The first kappa shape index (κ1) is 26.3. The van der Waals surface area contributed by atoms with Gasteiger partial charge in [-0.3, -0.25) is 0 Å². The van der Waals surface area contributed by atoms with Crippen molar-refractivity contribution in [3.05, 3.63) is 53.8 Å². The third-order valence-corrected chi connectivity index (χ3v) is 6.92. The predicted molar refractivity (Wildman–Crippen MR) is 122 cm³/mol. The fourth-order valence-electron chi connectivity index (χ4n) is 4.94. The van der Waals surface area contributed by atoms with Crippen LogP contribution in [0, 0.1) is 11.8 Å². The molecule has 3 aliphatic rings. The second-order valence-corrected chi connectivity index (χ2v) is 9.44. The molecule has 11 heteroatoms. The maximum Gasteiger partial charge on any atom is 0.334 e. The lowest BCUT2D eigenvalue weighted by molar-refractivity contribution is -0.346. The second-order valence-electron chi connectivity index (χ2n) is 9.44. The number of carboxylic acid groups (broad SMARTS) is 1. The van der Waals surface area contributed by atoms with E-state index in [0.29, 0.717) is 12.8 Å². The van der Waals surface area contributed by atoms with Gasteiger partial charge in [-0.05, 0) is 31.4 Å². The third kappa shape index (κ3) is 5.46. The summed E-state index contributed by atoms with van der Waals surface area (Å²) >= 11 is 0. The summed E-state index contributed by atoms with van der Waals surface area (Å²) < 4.78 is 22.0. The number of ether oxygens (including phenoxy) is 4. The minimum absolute atomic E-state index is 0.00605. The number of carbonyl (C=O) groups excluding carboxylic acids is 1. The molecule has 1 aromatic rings. The Kier molecular flexibility index (Phi) is 7.79. The zero-order valence-corrected chi connectivity index (χ0v) is 19.5. The van der Waals surface area contributed by atoms with Crippen molar-refractivity contribution < 1.29 is 54.1 Å². The summed E-state index contributed by atoms with van der Waals surface area (Å²) in [5.41, 5.74) is -0.530. The molecule has 5 N–H and O–H groups in total. The van der Waals surface area contributed by atoms with E-state index < -0.39 is 73.0 Å². The fourth-order valence-corrected chi connectivity index (χ4v) is 4.94. The van der Waals surface area contributed by atoms with Crippen LogP contribution in [0.2, 0.25) is 0 Å². The van der Waals surface area contributed by atoms with Crippen LogP contribution in [0.15, 0.2) is 48.2 Å². The van der Waals surface area contributed by atoms with Gasteiger partial charge in [0.25, 0.3) is 0 Å². The van der Waals surface area contributed by atoms with Crippen LogP contribution < -0.4 is 0 Å². The largest absolute Gasteiger partial charge is 0.478 e. The van der Waals surface area contributed by atoms with Crippen LogP contribution in [-0.2, 0) is 28.5 Å². The van der Waals surface area contributed by atoms with Gasteiger partial charge in [-0.15, -0.1) is 0 Å². The molecule has 0 amide bonds. The number of aliphatic hydroxyl groups is 4. The molecular formula is C25H30O11. The van der Waals surface area contributed by atoms with E-state index in [0.717, 1.165) is 11.8 Å². The first-order valence-corrected chi connectivity index (χ1v) is 11.6. The summed E-state index contributed by atoms with van der Waals surface area (Å²) in [6.45, 7) is 1.10. The van der Waals surface area contributed by atoms with E-state index in [1.165, 1.54) is 6.08 Å². The minimum Gasteiger partial charge on any atom is -0.478 e. The first-order valence-electron chi connectivity index (χ1n) is 11.6. The van der Waals surface area contributed by atoms with E-state index in [9.17, 15) is 35.1 Å². The number of hydrogen-bond acceptors (Lipinski definition) is 10. The average molecular weight is 507 g/mol. The highest BCUT2D eigenvalue weighted by Gasteiger charge is 2.56. The summed E-state index contributed by atoms with van der Waals surface area (Å²) in [7, 11) is 0. The van der Waals surface area contributed by atoms with Crippen LogP contribution in [0.1, 0.15) is 25.3 Å². The molecule has 9 unspecified atom stereocenters. The number of esters is 1. The lowest BCUT2D eigenvalue weighted by Crippen LogP contribution is -2.61. The van der Waals surface area contributed by atoms with E-state index in [-0.39, 0.29) is 5.57 Å². The van der Waals surface area contributed by atoms with E-state index in [1.54, 1.807) is 25.1 Å². The number of fused-ring (bicyclic) bond motifs is 1. The van der Waals surface area contributed by atoms with Crippen LogP contribution in [-0.4, -0.2) is 86.7 Å². The molecule has 1 aromatic carbocycles. The quantitative estimate of drug-likeness (QED) is 0.252. The average Bonchev–Trinajstić information content (AvgIpc) is 3.18. The van der Waals surface area contributed by atoms with Crippen molar-refractivity contribution in [2.75, 3.05) is 6.61 Å². The normalized spacial score (nSPS) is 38.2. The van der Waals surface area contributed by atoms with Crippen molar-refractivity contribution in [2.45, 2.75) is 62.4 Å². The molecule has 2 heterocycles. The van der Waals surface area contributed by atoms with Crippen molar-refractivity contribution in [3.8, 4) is 0 Å². The van der Waals surface area contributed by atoms with Gasteiger partial charge in [-0.1, -0.05) is 30.3 Å². The SMILES string of the molecule is CC1(O)CCC2C(C(=O)O)=COC(OC3OC(COC(=O)C=Cc4ccccc4)C(O)C(O)C3O)C21. The van der Waals surface area contributed by atoms with Crippen molar-refractivity contribution in [1.82, 2.24) is 0 Å². The van der Waals surface area contributed by atoms with Crippen molar-refractivity contribution in [2.24, 2.45) is 11.8 Å². The lowest BCUT2D eigenvalue weighted by atomic mass is 9.81. The van der Waals surface area contributed by atoms with Crippen molar-refractivity contribution >= 4 is 18.0 Å². The van der Waals surface area contributed by atoms with Crippen LogP contribution in [0.3, 0.4) is 0 Å². The summed E-state index contributed by atoms with van der Waals surface area (Å²) in [5, 5.41) is 51.4. The van der Waals surface area contributed by atoms with Crippen molar-refractivity contribution in [1.29, 1.82) is 0 Å². The summed E-state index contributed by atoms with van der Waals surface area (Å²) in [4.78, 5) is 23.7. The fraction of sp³-hybridized carbons (Fsp3) is 0.520. The molecular weight excluding hydrogens is 476 g/mol. The highest BCUT2D eigenvalue weighted by atomic mass is 16.8. The predicted octanol–water partition coefficient (Wildman–Crippen LogP) is 0.169. The van der Waals surface area contributed by atoms with Crippen LogP contribution >= 0.6 is 0 Å². The van der Waals surface area contributed by atoms with Gasteiger partial charge in [0.1, 0.15) is 31.0 Å². The molecule has 9 atom stereocenters. The summed E-state index contributed by atoms with van der Waals surface area (Å²) in [6.07, 6.45) is -4.43. The van der Waals surface area contributed by atoms with Gasteiger partial charge in [0, 0.05) is 12.0 Å². The number of benzene rings is 1. The molecule has 4 rings (SSSR count). The Morgan fingerprint density at radius 1 is 1.11 bits per heavy atom. The van der Waals surface area contributed by atoms with E-state index >= 15 is 0 Å². The van der Waals surface area contributed by atoms with Gasteiger partial charge in [-0.2, -0.15) is 0 Å². The van der Waals surface area contributed by atoms with Crippen LogP contribution in [0.5, 0.6) is 0 Å². The molecule has 1 saturated heterocycles. The second kappa shape index (κ2) is 10.7. The van der Waals surface area contributed by atoms with Crippen LogP contribution in [0.4, 0.5) is 0 Å². The summed E-state index contributed by atoms with van der Waals surface area (Å²) in [5.74, 6) is -3.22. The zero-order valence-electron chi connectivity index (χ0n) is 19.5. The van der Waals surface area contributed by atoms with Gasteiger partial charge in [0.2, 0.25) is 6.29 Å². The molecule has 0 aromatic heterocycles. The lowest BCUT2D eigenvalue weighted by Gasteiger charge is -2.44. The van der Waals surface area contributed by atoms with Crippen LogP contribution in [0.25, 0.3) is 6.08 Å². The van der Waals surface area contributed by atoms with Crippen molar-refractivity contribution in [3.63, 3.8) is 0 Å². The van der Waals surface area contributed by atoms with Gasteiger partial charge < -0.3 is 44.5 Å². The van der Waals surface area contributed by atoms with E-state index in [2.05, 4.69) is 0 Å². The Morgan fingerprint density at radius 3 is 2.53 bits per heavy atom. The Hall–Kier alpha value is -2.80. The molecule has 11 nitrogen and oxygen atoms in total. The number of aliphatic hydroxyl groups excluding tert-OH is 3. The topological polar surface area (TPSA) is 172 Å². The van der Waals surface area contributed by atoms with E-state index in [1.807, 2.05) is 18.2 Å². The number of aliphatic carboxylic acids is 1. The molecule has 2 fully saturated rings. The Morgan fingerprint density at radius 2 is 1.83 bits per heavy atom. The molecule has 1 saturated carbocycles. The third-order valence-electron chi connectivity index (χ3n) is 6.92. The smallest absolute Gasteiger partial charge is 0.334 e. The maximum absolute atomic E-state index is 12.1. The maximum atomic E-state index is 12.1. The first-order chi connectivity index (χ1) is 17.1. The molecule has 36 heavy (non-hydrogen) atoms.